The number of aryl methyl sites for hydroxylation is 1. The highest BCUT2D eigenvalue weighted by molar-refractivity contribution is 5.68. The first-order chi connectivity index (χ1) is 11.3. The average molecular weight is 335 g/mol. The summed E-state index contributed by atoms with van der Waals surface area (Å²) in [6.07, 6.45) is -0.189. The molecule has 0 unspecified atom stereocenters. The van der Waals surface area contributed by atoms with Crippen LogP contribution < -0.4 is 0 Å². The minimum absolute atomic E-state index is 0.189. The summed E-state index contributed by atoms with van der Waals surface area (Å²) in [4.78, 5) is 18.8. The highest BCUT2D eigenvalue weighted by atomic mass is 16.6. The molecule has 0 aliphatic carbocycles. The predicted octanol–water partition coefficient (Wildman–Crippen LogP) is 1.46. The van der Waals surface area contributed by atoms with Crippen LogP contribution in [0, 0.1) is 6.92 Å². The number of hydrogen-bond acceptors (Lipinski definition) is 5. The molecule has 0 aromatic carbocycles. The highest BCUT2D eigenvalue weighted by Gasteiger charge is 2.35. The number of nitrogens with zero attached hydrogens (tertiary/aromatic N) is 4. The number of carbonyl (C=O) groups excluding carboxylic acids is 1. The molecule has 1 aromatic heterocycles. The summed E-state index contributed by atoms with van der Waals surface area (Å²) < 4.78 is 5.45. The number of ether oxygens (including phenoxy) is 1. The van der Waals surface area contributed by atoms with Gasteiger partial charge in [0, 0.05) is 57.5 Å². The summed E-state index contributed by atoms with van der Waals surface area (Å²) in [5, 5.41) is 7.29. The van der Waals surface area contributed by atoms with Crippen LogP contribution in [0.25, 0.3) is 0 Å². The summed E-state index contributed by atoms with van der Waals surface area (Å²) in [5.41, 5.74) is 1.80. The van der Waals surface area contributed by atoms with Crippen LogP contribution in [0.1, 0.15) is 32.2 Å². The van der Waals surface area contributed by atoms with Crippen LogP contribution in [0.2, 0.25) is 0 Å². The average Bonchev–Trinajstić information content (AvgIpc) is 2.86. The Morgan fingerprint density at radius 3 is 2.50 bits per heavy atom. The Labute approximate surface area is 143 Å². The predicted molar refractivity (Wildman–Crippen MR) is 91.8 cm³/mol. The fourth-order valence-electron chi connectivity index (χ4n) is 3.28. The molecule has 0 spiro atoms. The number of likely N-dealkylation sites (tertiary alicyclic amines) is 1. The van der Waals surface area contributed by atoms with E-state index in [1.54, 1.807) is 0 Å². The molecule has 1 N–H and O–H groups in total. The first-order valence-corrected chi connectivity index (χ1v) is 8.75. The van der Waals surface area contributed by atoms with Crippen LogP contribution in [-0.2, 0) is 11.3 Å². The lowest BCUT2D eigenvalue weighted by atomic mass is 10.1. The molecule has 0 bridgehead atoms. The summed E-state index contributed by atoms with van der Waals surface area (Å²) in [6.45, 7) is 14.2. The van der Waals surface area contributed by atoms with Crippen LogP contribution in [0.15, 0.2) is 6.07 Å². The molecule has 24 heavy (non-hydrogen) atoms. The van der Waals surface area contributed by atoms with Gasteiger partial charge < -0.3 is 9.64 Å². The molecule has 3 rings (SSSR count). The van der Waals surface area contributed by atoms with Gasteiger partial charge in [-0.15, -0.1) is 0 Å². The third-order valence-corrected chi connectivity index (χ3v) is 4.56. The van der Waals surface area contributed by atoms with Gasteiger partial charge in [-0.05, 0) is 33.8 Å². The van der Waals surface area contributed by atoms with Crippen molar-refractivity contribution < 1.29 is 9.53 Å². The van der Waals surface area contributed by atoms with Crippen LogP contribution in [-0.4, -0.2) is 81.9 Å². The normalized spacial score (nSPS) is 20.9. The van der Waals surface area contributed by atoms with Gasteiger partial charge in [-0.3, -0.25) is 14.9 Å². The van der Waals surface area contributed by atoms with Crippen molar-refractivity contribution in [1.82, 2.24) is 24.9 Å². The number of rotatable bonds is 3. The van der Waals surface area contributed by atoms with E-state index in [2.05, 4.69) is 26.1 Å². The van der Waals surface area contributed by atoms with Crippen LogP contribution >= 0.6 is 0 Å². The minimum Gasteiger partial charge on any atom is -0.444 e. The molecule has 1 amide bonds. The van der Waals surface area contributed by atoms with E-state index < -0.39 is 5.60 Å². The van der Waals surface area contributed by atoms with Crippen molar-refractivity contribution >= 4 is 6.09 Å². The summed E-state index contributed by atoms with van der Waals surface area (Å²) in [7, 11) is 0. The van der Waals surface area contributed by atoms with Crippen LogP contribution in [0.4, 0.5) is 4.79 Å². The van der Waals surface area contributed by atoms with E-state index in [-0.39, 0.29) is 6.09 Å². The van der Waals surface area contributed by atoms with E-state index in [0.29, 0.717) is 6.04 Å². The van der Waals surface area contributed by atoms with E-state index in [0.717, 1.165) is 57.2 Å². The SMILES string of the molecule is Cc1cc(CN2CC(N3CCN(C(=O)OC(C)(C)C)CC3)C2)n[nH]1. The second kappa shape index (κ2) is 6.72. The second-order valence-electron chi connectivity index (χ2n) is 7.89. The Kier molecular flexibility index (Phi) is 4.83. The van der Waals surface area contributed by atoms with Crippen molar-refractivity contribution in [2.45, 2.75) is 45.9 Å². The standard InChI is InChI=1S/C17H29N5O2/c1-13-9-14(19-18-13)10-20-11-15(12-20)21-5-7-22(8-6-21)16(23)24-17(2,3)4/h9,15H,5-8,10-12H2,1-4H3,(H,18,19). The van der Waals surface area contributed by atoms with Gasteiger partial charge in [0.05, 0.1) is 5.69 Å². The third kappa shape index (κ3) is 4.27. The Hall–Kier alpha value is -1.60. The molecule has 1 aromatic rings. The number of H-pyrrole nitrogens is 1. The highest BCUT2D eigenvalue weighted by Crippen LogP contribution is 2.20. The molecule has 2 fully saturated rings. The van der Waals surface area contributed by atoms with Gasteiger partial charge >= 0.3 is 6.09 Å². The fraction of sp³-hybridized carbons (Fsp3) is 0.765. The molecule has 0 saturated carbocycles. The lowest BCUT2D eigenvalue weighted by molar-refractivity contribution is -0.0147. The van der Waals surface area contributed by atoms with Gasteiger partial charge in [0.2, 0.25) is 0 Å². The first kappa shape index (κ1) is 17.2. The van der Waals surface area contributed by atoms with Gasteiger partial charge in [-0.2, -0.15) is 5.10 Å². The monoisotopic (exact) mass is 335 g/mol. The molecule has 0 radical (unpaired) electrons. The molecular weight excluding hydrogens is 306 g/mol. The van der Waals surface area contributed by atoms with Crippen molar-refractivity contribution in [3.8, 4) is 0 Å². The van der Waals surface area contributed by atoms with E-state index in [1.807, 2.05) is 32.6 Å². The largest absolute Gasteiger partial charge is 0.444 e. The summed E-state index contributed by atoms with van der Waals surface area (Å²) >= 11 is 0. The third-order valence-electron chi connectivity index (χ3n) is 4.56. The lowest BCUT2D eigenvalue weighted by Crippen LogP contribution is -2.63. The number of hydrogen-bond donors (Lipinski definition) is 1. The zero-order chi connectivity index (χ0) is 17.3. The zero-order valence-electron chi connectivity index (χ0n) is 15.2. The lowest BCUT2D eigenvalue weighted by Gasteiger charge is -2.48. The van der Waals surface area contributed by atoms with Crippen molar-refractivity contribution in [2.24, 2.45) is 0 Å². The molecule has 7 nitrogen and oxygen atoms in total. The first-order valence-electron chi connectivity index (χ1n) is 8.75. The van der Waals surface area contributed by atoms with Crippen molar-refractivity contribution in [3.63, 3.8) is 0 Å². The second-order valence-corrected chi connectivity index (χ2v) is 7.89. The van der Waals surface area contributed by atoms with Gasteiger partial charge in [-0.1, -0.05) is 0 Å². The van der Waals surface area contributed by atoms with Gasteiger partial charge in [0.25, 0.3) is 0 Å². The van der Waals surface area contributed by atoms with Gasteiger partial charge in [0.1, 0.15) is 5.60 Å². The van der Waals surface area contributed by atoms with Crippen molar-refractivity contribution in [3.05, 3.63) is 17.5 Å². The number of piperazine rings is 1. The number of nitrogens with one attached hydrogen (secondary N) is 1. The molecule has 7 heteroatoms. The molecule has 2 saturated heterocycles. The van der Waals surface area contributed by atoms with Crippen LogP contribution in [0.5, 0.6) is 0 Å². The number of amides is 1. The topological polar surface area (TPSA) is 64.7 Å². The van der Waals surface area contributed by atoms with E-state index in [1.165, 1.54) is 0 Å². The van der Waals surface area contributed by atoms with Gasteiger partial charge in [-0.25, -0.2) is 4.79 Å². The smallest absolute Gasteiger partial charge is 0.410 e. The maximum Gasteiger partial charge on any atom is 0.410 e. The Morgan fingerprint density at radius 1 is 1.29 bits per heavy atom. The maximum absolute atomic E-state index is 12.1. The molecular formula is C17H29N5O2. The Balaban J connectivity index is 1.38. The molecule has 0 atom stereocenters. The summed E-state index contributed by atoms with van der Waals surface area (Å²) in [6, 6.07) is 2.71. The summed E-state index contributed by atoms with van der Waals surface area (Å²) in [5.74, 6) is 0. The number of aromatic amines is 1. The molecule has 134 valence electrons. The van der Waals surface area contributed by atoms with E-state index >= 15 is 0 Å². The molecule has 2 aliphatic rings. The quantitative estimate of drug-likeness (QED) is 0.906. The molecule has 3 heterocycles. The fourth-order valence-corrected chi connectivity index (χ4v) is 3.28. The zero-order valence-corrected chi connectivity index (χ0v) is 15.2. The number of aromatic nitrogens is 2. The maximum atomic E-state index is 12.1. The molecule has 2 aliphatic heterocycles. The Bertz CT molecular complexity index is 566. The van der Waals surface area contributed by atoms with Gasteiger partial charge in [0.15, 0.2) is 0 Å². The van der Waals surface area contributed by atoms with Crippen molar-refractivity contribution in [1.29, 1.82) is 0 Å². The number of carbonyl (C=O) groups is 1. The van der Waals surface area contributed by atoms with E-state index in [4.69, 9.17) is 4.74 Å². The van der Waals surface area contributed by atoms with Crippen molar-refractivity contribution in [2.75, 3.05) is 39.3 Å². The van der Waals surface area contributed by atoms with E-state index in [9.17, 15) is 4.79 Å². The Morgan fingerprint density at radius 2 is 1.96 bits per heavy atom. The van der Waals surface area contributed by atoms with Crippen LogP contribution in [0.3, 0.4) is 0 Å². The minimum atomic E-state index is -0.423.